The van der Waals surface area contributed by atoms with Crippen LogP contribution in [0.1, 0.15) is 33.1 Å². The van der Waals surface area contributed by atoms with E-state index in [0.29, 0.717) is 5.41 Å². The van der Waals surface area contributed by atoms with Gasteiger partial charge in [0.15, 0.2) is 0 Å². The lowest BCUT2D eigenvalue weighted by Gasteiger charge is -2.41. The van der Waals surface area contributed by atoms with E-state index in [0.717, 1.165) is 32.2 Å². The standard InChI is InChI=1S/C17H35N3O/c1-16(2)12-18-13-17(6-4-11-21-15-17)14-20-8-5-7-19(3)9-10-20/h16,18H,4-15H2,1-3H3. The molecule has 21 heavy (non-hydrogen) atoms. The number of nitrogens with one attached hydrogen (secondary N) is 1. The molecule has 1 N–H and O–H groups in total. The lowest BCUT2D eigenvalue weighted by atomic mass is 9.81. The molecule has 124 valence electrons. The normalized spacial score (nSPS) is 29.7. The van der Waals surface area contributed by atoms with Crippen molar-refractivity contribution >= 4 is 0 Å². The summed E-state index contributed by atoms with van der Waals surface area (Å²) in [5, 5.41) is 3.69. The molecule has 4 heteroatoms. The smallest absolute Gasteiger partial charge is 0.0546 e. The topological polar surface area (TPSA) is 27.7 Å². The third-order valence-electron chi connectivity index (χ3n) is 4.83. The highest BCUT2D eigenvalue weighted by atomic mass is 16.5. The molecule has 0 aliphatic carbocycles. The predicted molar refractivity (Wildman–Crippen MR) is 88.7 cm³/mol. The Labute approximate surface area is 131 Å². The van der Waals surface area contributed by atoms with Gasteiger partial charge in [0, 0.05) is 38.2 Å². The molecule has 0 aromatic rings. The first-order valence-corrected chi connectivity index (χ1v) is 8.79. The second-order valence-corrected chi connectivity index (χ2v) is 7.61. The van der Waals surface area contributed by atoms with Crippen LogP contribution in [-0.4, -0.2) is 75.9 Å². The highest BCUT2D eigenvalue weighted by Gasteiger charge is 2.34. The molecule has 0 saturated carbocycles. The minimum absolute atomic E-state index is 0.329. The number of hydrogen-bond acceptors (Lipinski definition) is 4. The van der Waals surface area contributed by atoms with Crippen LogP contribution in [0, 0.1) is 11.3 Å². The van der Waals surface area contributed by atoms with Crippen molar-refractivity contribution in [3.8, 4) is 0 Å². The van der Waals surface area contributed by atoms with E-state index in [1.165, 1.54) is 52.0 Å². The Hall–Kier alpha value is -0.160. The van der Waals surface area contributed by atoms with Crippen molar-refractivity contribution < 1.29 is 4.74 Å². The molecule has 2 heterocycles. The van der Waals surface area contributed by atoms with Crippen LogP contribution in [0.3, 0.4) is 0 Å². The van der Waals surface area contributed by atoms with Crippen LogP contribution in [0.5, 0.6) is 0 Å². The summed E-state index contributed by atoms with van der Waals surface area (Å²) < 4.78 is 5.86. The van der Waals surface area contributed by atoms with Crippen LogP contribution in [0.4, 0.5) is 0 Å². The van der Waals surface area contributed by atoms with Crippen LogP contribution in [-0.2, 0) is 4.74 Å². The molecule has 2 fully saturated rings. The molecule has 0 aromatic carbocycles. The summed E-state index contributed by atoms with van der Waals surface area (Å²) in [5.74, 6) is 0.721. The molecule has 4 nitrogen and oxygen atoms in total. The Morgan fingerprint density at radius 1 is 1.14 bits per heavy atom. The van der Waals surface area contributed by atoms with E-state index in [2.05, 4.69) is 36.0 Å². The Balaban J connectivity index is 1.88. The minimum Gasteiger partial charge on any atom is -0.381 e. The molecule has 0 bridgehead atoms. The zero-order valence-electron chi connectivity index (χ0n) is 14.4. The number of ether oxygens (including phenoxy) is 1. The maximum Gasteiger partial charge on any atom is 0.0546 e. The van der Waals surface area contributed by atoms with Crippen molar-refractivity contribution in [2.45, 2.75) is 33.1 Å². The molecule has 2 aliphatic rings. The largest absolute Gasteiger partial charge is 0.381 e. The number of rotatable bonds is 6. The van der Waals surface area contributed by atoms with Crippen LogP contribution >= 0.6 is 0 Å². The van der Waals surface area contributed by atoms with E-state index >= 15 is 0 Å². The Kier molecular flexibility index (Phi) is 6.93. The third-order valence-corrected chi connectivity index (χ3v) is 4.83. The SMILES string of the molecule is CC(C)CNCC1(CN2CCCN(C)CC2)CCCOC1. The fourth-order valence-electron chi connectivity index (χ4n) is 3.59. The van der Waals surface area contributed by atoms with Crippen molar-refractivity contribution in [3.63, 3.8) is 0 Å². The molecule has 1 unspecified atom stereocenters. The van der Waals surface area contributed by atoms with Gasteiger partial charge < -0.3 is 19.9 Å². The van der Waals surface area contributed by atoms with E-state index in [9.17, 15) is 0 Å². The average molecular weight is 297 g/mol. The maximum atomic E-state index is 5.86. The highest BCUT2D eigenvalue weighted by Crippen LogP contribution is 2.29. The second-order valence-electron chi connectivity index (χ2n) is 7.61. The van der Waals surface area contributed by atoms with Gasteiger partial charge in [0.1, 0.15) is 0 Å². The highest BCUT2D eigenvalue weighted by molar-refractivity contribution is 4.88. The van der Waals surface area contributed by atoms with E-state index in [-0.39, 0.29) is 0 Å². The molecule has 0 spiro atoms. The van der Waals surface area contributed by atoms with Gasteiger partial charge in [-0.15, -0.1) is 0 Å². The van der Waals surface area contributed by atoms with Gasteiger partial charge in [0.25, 0.3) is 0 Å². The van der Waals surface area contributed by atoms with E-state index in [4.69, 9.17) is 4.74 Å². The monoisotopic (exact) mass is 297 g/mol. The average Bonchev–Trinajstić information content (AvgIpc) is 2.64. The summed E-state index contributed by atoms with van der Waals surface area (Å²) in [5.41, 5.74) is 0.329. The summed E-state index contributed by atoms with van der Waals surface area (Å²) in [4.78, 5) is 5.14. The summed E-state index contributed by atoms with van der Waals surface area (Å²) in [6.45, 7) is 14.8. The lowest BCUT2D eigenvalue weighted by Crippen LogP contribution is -2.50. The second kappa shape index (κ2) is 8.47. The first kappa shape index (κ1) is 17.2. The quantitative estimate of drug-likeness (QED) is 0.807. The van der Waals surface area contributed by atoms with Crippen molar-refractivity contribution in [2.75, 3.05) is 66.1 Å². The summed E-state index contributed by atoms with van der Waals surface area (Å²) in [6.07, 6.45) is 3.83. The maximum absolute atomic E-state index is 5.86. The van der Waals surface area contributed by atoms with Gasteiger partial charge >= 0.3 is 0 Å². The van der Waals surface area contributed by atoms with E-state index < -0.39 is 0 Å². The summed E-state index contributed by atoms with van der Waals surface area (Å²) in [6, 6.07) is 0. The molecule has 2 saturated heterocycles. The van der Waals surface area contributed by atoms with Crippen molar-refractivity contribution in [3.05, 3.63) is 0 Å². The first-order valence-electron chi connectivity index (χ1n) is 8.79. The third kappa shape index (κ3) is 5.85. The summed E-state index contributed by atoms with van der Waals surface area (Å²) in [7, 11) is 2.24. The van der Waals surface area contributed by atoms with Gasteiger partial charge in [-0.2, -0.15) is 0 Å². The molecule has 1 atom stereocenters. The number of likely N-dealkylation sites (N-methyl/N-ethyl adjacent to an activating group) is 1. The zero-order chi connectivity index (χ0) is 15.1. The van der Waals surface area contributed by atoms with E-state index in [1.54, 1.807) is 0 Å². The van der Waals surface area contributed by atoms with Gasteiger partial charge in [-0.3, -0.25) is 0 Å². The van der Waals surface area contributed by atoms with Crippen molar-refractivity contribution in [2.24, 2.45) is 11.3 Å². The fourth-order valence-corrected chi connectivity index (χ4v) is 3.59. The van der Waals surface area contributed by atoms with Crippen molar-refractivity contribution in [1.29, 1.82) is 0 Å². The van der Waals surface area contributed by atoms with E-state index in [1.807, 2.05) is 0 Å². The lowest BCUT2D eigenvalue weighted by molar-refractivity contribution is -0.0258. The zero-order valence-corrected chi connectivity index (χ0v) is 14.4. The molecular formula is C17H35N3O. The molecule has 2 rings (SSSR count). The predicted octanol–water partition coefficient (Wildman–Crippen LogP) is 1.67. The van der Waals surface area contributed by atoms with Gasteiger partial charge in [0.05, 0.1) is 6.61 Å². The Bertz CT molecular complexity index is 290. The van der Waals surface area contributed by atoms with Crippen molar-refractivity contribution in [1.82, 2.24) is 15.1 Å². The van der Waals surface area contributed by atoms with Gasteiger partial charge in [0.2, 0.25) is 0 Å². The Morgan fingerprint density at radius 2 is 2.00 bits per heavy atom. The van der Waals surface area contributed by atoms with Crippen LogP contribution in [0.2, 0.25) is 0 Å². The van der Waals surface area contributed by atoms with Gasteiger partial charge in [-0.1, -0.05) is 13.8 Å². The van der Waals surface area contributed by atoms with Crippen LogP contribution in [0.15, 0.2) is 0 Å². The first-order chi connectivity index (χ1) is 10.1. The van der Waals surface area contributed by atoms with Crippen LogP contribution < -0.4 is 5.32 Å². The van der Waals surface area contributed by atoms with Gasteiger partial charge in [-0.05, 0) is 51.9 Å². The molecular weight excluding hydrogens is 262 g/mol. The minimum atomic E-state index is 0.329. The van der Waals surface area contributed by atoms with Crippen LogP contribution in [0.25, 0.3) is 0 Å². The molecule has 0 aromatic heterocycles. The molecule has 2 aliphatic heterocycles. The number of nitrogens with zero attached hydrogens (tertiary/aromatic N) is 2. The summed E-state index contributed by atoms with van der Waals surface area (Å²) >= 11 is 0. The molecule has 0 radical (unpaired) electrons. The Morgan fingerprint density at radius 3 is 2.71 bits per heavy atom. The van der Waals surface area contributed by atoms with Gasteiger partial charge in [-0.25, -0.2) is 0 Å². The number of hydrogen-bond donors (Lipinski definition) is 1. The fraction of sp³-hybridized carbons (Fsp3) is 1.00. The molecule has 0 amide bonds.